The van der Waals surface area contributed by atoms with E-state index in [0.717, 1.165) is 0 Å². The molecule has 4 N–H and O–H groups in total. The Morgan fingerprint density at radius 2 is 2.11 bits per heavy atom. The Morgan fingerprint density at radius 3 is 2.82 bits per heavy atom. The first-order chi connectivity index (χ1) is 13.5. The molecule has 0 aliphatic carbocycles. The van der Waals surface area contributed by atoms with Crippen LogP contribution in [0.5, 0.6) is 0 Å². The number of anilines is 1. The molecule has 8 nitrogen and oxygen atoms in total. The molecular weight excluding hydrogens is 363 g/mol. The van der Waals surface area contributed by atoms with Gasteiger partial charge in [-0.3, -0.25) is 20.4 Å². The van der Waals surface area contributed by atoms with Crippen LogP contribution in [0.3, 0.4) is 0 Å². The van der Waals surface area contributed by atoms with E-state index in [2.05, 4.69) is 31.5 Å². The van der Waals surface area contributed by atoms with E-state index in [1.807, 2.05) is 6.92 Å². The Bertz CT molecular complexity index is 875. The van der Waals surface area contributed by atoms with Gasteiger partial charge in [0.05, 0.1) is 22.9 Å². The zero-order valence-corrected chi connectivity index (χ0v) is 15.8. The molecule has 2 aromatic rings. The number of aromatic nitrogens is 2. The van der Waals surface area contributed by atoms with Crippen LogP contribution in [-0.2, 0) is 11.2 Å². The lowest BCUT2D eigenvalue weighted by molar-refractivity contribution is -0.124. The van der Waals surface area contributed by atoms with Crippen LogP contribution in [0.2, 0.25) is 0 Å². The van der Waals surface area contributed by atoms with Crippen LogP contribution in [0.25, 0.3) is 0 Å². The van der Waals surface area contributed by atoms with Gasteiger partial charge in [-0.1, -0.05) is 12.1 Å². The van der Waals surface area contributed by atoms with Crippen molar-refractivity contribution in [3.63, 3.8) is 0 Å². The van der Waals surface area contributed by atoms with Gasteiger partial charge in [0.2, 0.25) is 5.91 Å². The summed E-state index contributed by atoms with van der Waals surface area (Å²) >= 11 is 0. The van der Waals surface area contributed by atoms with E-state index in [-0.39, 0.29) is 29.1 Å². The fourth-order valence-electron chi connectivity index (χ4n) is 3.01. The minimum atomic E-state index is -0.523. The second-order valence-corrected chi connectivity index (χ2v) is 6.67. The smallest absolute Gasteiger partial charge is 0.259 e. The number of hydrogen-bond acceptors (Lipinski definition) is 6. The normalized spacial score (nSPS) is 18.7. The molecule has 1 aliphatic rings. The quantitative estimate of drug-likeness (QED) is 0.589. The molecule has 1 aromatic heterocycles. The molecule has 0 saturated carbocycles. The highest BCUT2D eigenvalue weighted by Crippen LogP contribution is 2.15. The van der Waals surface area contributed by atoms with Crippen molar-refractivity contribution in [1.82, 2.24) is 26.1 Å². The van der Waals surface area contributed by atoms with Gasteiger partial charge in [0.1, 0.15) is 11.6 Å². The van der Waals surface area contributed by atoms with Crippen LogP contribution < -0.4 is 21.5 Å². The molecule has 1 aliphatic heterocycles. The maximum atomic E-state index is 13.8. The third-order valence-electron chi connectivity index (χ3n) is 4.61. The summed E-state index contributed by atoms with van der Waals surface area (Å²) in [6.07, 6.45) is 1.78. The second-order valence-electron chi connectivity index (χ2n) is 6.67. The SMILES string of the molecule is Cc1ncc(C(=O)Nc2ccccc2F)c(CCNC(=O)C2CNNC2C)n1. The maximum Gasteiger partial charge on any atom is 0.259 e. The molecule has 0 spiro atoms. The topological polar surface area (TPSA) is 108 Å². The number of nitrogens with one attached hydrogen (secondary N) is 4. The lowest BCUT2D eigenvalue weighted by atomic mass is 10.0. The third-order valence-corrected chi connectivity index (χ3v) is 4.61. The van der Waals surface area contributed by atoms with Crippen molar-refractivity contribution >= 4 is 17.5 Å². The summed E-state index contributed by atoms with van der Waals surface area (Å²) in [7, 11) is 0. The van der Waals surface area contributed by atoms with E-state index >= 15 is 0 Å². The number of rotatable bonds is 6. The molecule has 1 aromatic carbocycles. The van der Waals surface area contributed by atoms with Crippen molar-refractivity contribution < 1.29 is 14.0 Å². The lowest BCUT2D eigenvalue weighted by Crippen LogP contribution is -2.38. The number of carbonyl (C=O) groups excluding carboxylic acids is 2. The van der Waals surface area contributed by atoms with Gasteiger partial charge in [-0.05, 0) is 26.0 Å². The molecule has 3 rings (SSSR count). The number of benzene rings is 1. The van der Waals surface area contributed by atoms with Crippen molar-refractivity contribution in [3.8, 4) is 0 Å². The molecule has 1 saturated heterocycles. The molecule has 2 unspecified atom stereocenters. The zero-order valence-electron chi connectivity index (χ0n) is 15.8. The van der Waals surface area contributed by atoms with Gasteiger partial charge >= 0.3 is 0 Å². The zero-order chi connectivity index (χ0) is 20.1. The van der Waals surface area contributed by atoms with Crippen molar-refractivity contribution in [2.24, 2.45) is 5.92 Å². The van der Waals surface area contributed by atoms with Crippen LogP contribution in [-0.4, -0.2) is 40.9 Å². The third kappa shape index (κ3) is 4.68. The summed E-state index contributed by atoms with van der Waals surface area (Å²) in [5.41, 5.74) is 6.79. The number of carbonyl (C=O) groups is 2. The molecule has 2 atom stereocenters. The molecule has 148 valence electrons. The molecule has 28 heavy (non-hydrogen) atoms. The van der Waals surface area contributed by atoms with Gasteiger partial charge in [-0.15, -0.1) is 0 Å². The molecular formula is C19H23FN6O2. The van der Waals surface area contributed by atoms with Crippen molar-refractivity contribution in [3.05, 3.63) is 53.4 Å². The summed E-state index contributed by atoms with van der Waals surface area (Å²) < 4.78 is 13.8. The largest absolute Gasteiger partial charge is 0.355 e. The highest BCUT2D eigenvalue weighted by atomic mass is 19.1. The highest BCUT2D eigenvalue weighted by Gasteiger charge is 2.29. The number of para-hydroxylation sites is 1. The van der Waals surface area contributed by atoms with E-state index in [0.29, 0.717) is 31.0 Å². The summed E-state index contributed by atoms with van der Waals surface area (Å²) in [5.74, 6) is -0.722. The Kier molecular flexibility index (Phi) is 6.27. The Balaban J connectivity index is 1.66. The Morgan fingerprint density at radius 1 is 1.32 bits per heavy atom. The molecule has 2 amide bonds. The van der Waals surface area contributed by atoms with E-state index in [1.54, 1.807) is 19.1 Å². The lowest BCUT2D eigenvalue weighted by Gasteiger charge is -2.14. The molecule has 0 radical (unpaired) electrons. The predicted octanol–water partition coefficient (Wildman–Crippen LogP) is 0.948. The van der Waals surface area contributed by atoms with Gasteiger partial charge in [0, 0.05) is 31.7 Å². The van der Waals surface area contributed by atoms with Crippen LogP contribution in [0.1, 0.15) is 28.8 Å². The molecule has 9 heteroatoms. The average Bonchev–Trinajstić information content (AvgIpc) is 3.09. The number of hydrogen-bond donors (Lipinski definition) is 4. The highest BCUT2D eigenvalue weighted by molar-refractivity contribution is 6.04. The summed E-state index contributed by atoms with van der Waals surface area (Å²) in [6, 6.07) is 5.97. The minimum Gasteiger partial charge on any atom is -0.355 e. The Hall–Kier alpha value is -2.91. The van der Waals surface area contributed by atoms with Crippen LogP contribution in [0.15, 0.2) is 30.5 Å². The summed E-state index contributed by atoms with van der Waals surface area (Å²) in [5, 5.41) is 5.42. The van der Waals surface area contributed by atoms with Crippen LogP contribution in [0.4, 0.5) is 10.1 Å². The number of hydrazine groups is 1. The van der Waals surface area contributed by atoms with E-state index in [9.17, 15) is 14.0 Å². The summed E-state index contributed by atoms with van der Waals surface area (Å²) in [6.45, 7) is 4.55. The van der Waals surface area contributed by atoms with Gasteiger partial charge in [-0.25, -0.2) is 14.4 Å². The summed E-state index contributed by atoms with van der Waals surface area (Å²) in [4.78, 5) is 33.2. The van der Waals surface area contributed by atoms with Gasteiger partial charge < -0.3 is 10.6 Å². The van der Waals surface area contributed by atoms with Crippen LogP contribution in [0, 0.1) is 18.7 Å². The monoisotopic (exact) mass is 386 g/mol. The van der Waals surface area contributed by atoms with E-state index in [4.69, 9.17) is 0 Å². The van der Waals surface area contributed by atoms with Gasteiger partial charge in [-0.2, -0.15) is 0 Å². The number of nitrogens with zero attached hydrogens (tertiary/aromatic N) is 2. The van der Waals surface area contributed by atoms with Gasteiger partial charge in [0.15, 0.2) is 0 Å². The fraction of sp³-hybridized carbons (Fsp3) is 0.368. The number of halogens is 1. The first-order valence-corrected chi connectivity index (χ1v) is 9.10. The first-order valence-electron chi connectivity index (χ1n) is 9.10. The average molecular weight is 386 g/mol. The van der Waals surface area contributed by atoms with Crippen molar-refractivity contribution in [2.75, 3.05) is 18.4 Å². The second kappa shape index (κ2) is 8.85. The van der Waals surface area contributed by atoms with Crippen molar-refractivity contribution in [2.45, 2.75) is 26.3 Å². The molecule has 1 fully saturated rings. The number of amides is 2. The fourth-order valence-corrected chi connectivity index (χ4v) is 3.01. The predicted molar refractivity (Wildman–Crippen MR) is 102 cm³/mol. The minimum absolute atomic E-state index is 0.0448. The first kappa shape index (κ1) is 19.8. The molecule has 0 bridgehead atoms. The van der Waals surface area contributed by atoms with E-state index < -0.39 is 11.7 Å². The van der Waals surface area contributed by atoms with Crippen molar-refractivity contribution in [1.29, 1.82) is 0 Å². The standard InChI is InChI=1S/C19H23FN6O2/c1-11-13(10-23-26-11)18(27)21-8-7-16-14(9-22-12(2)24-16)19(28)25-17-6-4-3-5-15(17)20/h3-6,9,11,13,23,26H,7-8,10H2,1-2H3,(H,21,27)(H,25,28). The van der Waals surface area contributed by atoms with Crippen LogP contribution >= 0.6 is 0 Å². The Labute approximate surface area is 162 Å². The number of aryl methyl sites for hydroxylation is 1. The molecule has 2 heterocycles. The maximum absolute atomic E-state index is 13.8. The van der Waals surface area contributed by atoms with E-state index in [1.165, 1.54) is 18.3 Å². The van der Waals surface area contributed by atoms with Gasteiger partial charge in [0.25, 0.3) is 5.91 Å².